The van der Waals surface area contributed by atoms with E-state index in [1.165, 1.54) is 11.8 Å². The Labute approximate surface area is 65.7 Å². The number of piperidine rings is 1. The van der Waals surface area contributed by atoms with Crippen molar-refractivity contribution in [1.82, 2.24) is 4.90 Å². The molecule has 0 saturated carbocycles. The highest BCUT2D eigenvalue weighted by molar-refractivity contribution is 6.03. The fourth-order valence-corrected chi connectivity index (χ4v) is 1.15. The van der Waals surface area contributed by atoms with Gasteiger partial charge in [0.25, 0.3) is 5.91 Å². The number of rotatable bonds is 0. The first-order chi connectivity index (χ1) is 5.13. The van der Waals surface area contributed by atoms with Gasteiger partial charge in [0.2, 0.25) is 5.91 Å². The van der Waals surface area contributed by atoms with Gasteiger partial charge in [-0.15, -0.1) is 0 Å². The summed E-state index contributed by atoms with van der Waals surface area (Å²) in [5.74, 6) is -0.389. The van der Waals surface area contributed by atoms with Gasteiger partial charge in [-0.3, -0.25) is 14.5 Å². The van der Waals surface area contributed by atoms with Gasteiger partial charge in [0.05, 0.1) is 0 Å². The number of likely N-dealkylation sites (tertiary alicyclic amines) is 1. The number of nitrogens with zero attached hydrogens (tertiary/aromatic N) is 1. The van der Waals surface area contributed by atoms with E-state index in [4.69, 9.17) is 0 Å². The molecule has 1 aliphatic heterocycles. The number of amides is 2. The van der Waals surface area contributed by atoms with Crippen molar-refractivity contribution in [2.24, 2.45) is 0 Å². The molecule has 1 heterocycles. The van der Waals surface area contributed by atoms with Gasteiger partial charge in [0.1, 0.15) is 0 Å². The summed E-state index contributed by atoms with van der Waals surface area (Å²) in [5, 5.41) is 0. The molecule has 2 amide bonds. The molecule has 3 nitrogen and oxygen atoms in total. The van der Waals surface area contributed by atoms with E-state index in [-0.39, 0.29) is 11.8 Å². The SMILES string of the molecule is C=C1CCCN(C(C)=O)C1=O. The summed E-state index contributed by atoms with van der Waals surface area (Å²) in [5.41, 5.74) is 0.548. The fourth-order valence-electron chi connectivity index (χ4n) is 1.15. The van der Waals surface area contributed by atoms with Gasteiger partial charge in [-0.25, -0.2) is 0 Å². The maximum Gasteiger partial charge on any atom is 0.255 e. The summed E-state index contributed by atoms with van der Waals surface area (Å²) in [4.78, 5) is 23.2. The first kappa shape index (κ1) is 7.98. The molecule has 60 valence electrons. The van der Waals surface area contributed by atoms with Crippen LogP contribution in [0.2, 0.25) is 0 Å². The van der Waals surface area contributed by atoms with Crippen LogP contribution in [0, 0.1) is 0 Å². The second kappa shape index (κ2) is 2.86. The van der Waals surface area contributed by atoms with E-state index in [1.54, 1.807) is 0 Å². The minimum Gasteiger partial charge on any atom is -0.279 e. The third kappa shape index (κ3) is 1.48. The van der Waals surface area contributed by atoms with Gasteiger partial charge < -0.3 is 0 Å². The van der Waals surface area contributed by atoms with Gasteiger partial charge >= 0.3 is 0 Å². The Hall–Kier alpha value is -1.12. The van der Waals surface area contributed by atoms with Crippen molar-refractivity contribution in [2.45, 2.75) is 19.8 Å². The topological polar surface area (TPSA) is 37.4 Å². The van der Waals surface area contributed by atoms with E-state index in [9.17, 15) is 9.59 Å². The summed E-state index contributed by atoms with van der Waals surface area (Å²) in [6.45, 7) is 5.53. The molecule has 0 unspecified atom stereocenters. The Kier molecular flexibility index (Phi) is 2.08. The van der Waals surface area contributed by atoms with Crippen molar-refractivity contribution in [3.8, 4) is 0 Å². The lowest BCUT2D eigenvalue weighted by Crippen LogP contribution is -2.39. The number of hydrogen-bond donors (Lipinski definition) is 0. The zero-order valence-corrected chi connectivity index (χ0v) is 6.59. The van der Waals surface area contributed by atoms with Crippen molar-refractivity contribution >= 4 is 11.8 Å². The lowest BCUT2D eigenvalue weighted by Gasteiger charge is -2.24. The molecule has 0 aromatic carbocycles. The van der Waals surface area contributed by atoms with Gasteiger partial charge in [0, 0.05) is 19.0 Å². The van der Waals surface area contributed by atoms with Crippen molar-refractivity contribution in [3.05, 3.63) is 12.2 Å². The lowest BCUT2D eigenvalue weighted by atomic mass is 10.1. The number of hydrogen-bond acceptors (Lipinski definition) is 2. The van der Waals surface area contributed by atoms with Gasteiger partial charge in [-0.2, -0.15) is 0 Å². The van der Waals surface area contributed by atoms with Crippen molar-refractivity contribution in [2.75, 3.05) is 6.54 Å². The van der Waals surface area contributed by atoms with Crippen LogP contribution in [0.15, 0.2) is 12.2 Å². The average Bonchev–Trinajstić information content (AvgIpc) is 1.94. The molecule has 0 aromatic heterocycles. The van der Waals surface area contributed by atoms with Crippen LogP contribution in [-0.4, -0.2) is 23.3 Å². The third-order valence-electron chi connectivity index (χ3n) is 1.79. The van der Waals surface area contributed by atoms with Crippen LogP contribution < -0.4 is 0 Å². The highest BCUT2D eigenvalue weighted by Gasteiger charge is 2.23. The van der Waals surface area contributed by atoms with E-state index < -0.39 is 0 Å². The smallest absolute Gasteiger partial charge is 0.255 e. The molecule has 0 aliphatic carbocycles. The molecular formula is C8H11NO2. The van der Waals surface area contributed by atoms with Crippen LogP contribution in [0.4, 0.5) is 0 Å². The van der Waals surface area contributed by atoms with Gasteiger partial charge in [-0.05, 0) is 12.8 Å². The van der Waals surface area contributed by atoms with Crippen LogP contribution >= 0.6 is 0 Å². The molecular weight excluding hydrogens is 142 g/mol. The van der Waals surface area contributed by atoms with Crippen LogP contribution in [0.25, 0.3) is 0 Å². The second-order valence-electron chi connectivity index (χ2n) is 2.68. The van der Waals surface area contributed by atoms with E-state index in [0.29, 0.717) is 12.1 Å². The van der Waals surface area contributed by atoms with E-state index >= 15 is 0 Å². The second-order valence-corrected chi connectivity index (χ2v) is 2.68. The Morgan fingerprint density at radius 2 is 2.27 bits per heavy atom. The summed E-state index contributed by atoms with van der Waals surface area (Å²) >= 11 is 0. The Morgan fingerprint density at radius 1 is 1.64 bits per heavy atom. The van der Waals surface area contributed by atoms with E-state index in [1.807, 2.05) is 0 Å². The summed E-state index contributed by atoms with van der Waals surface area (Å²) in [7, 11) is 0. The first-order valence-electron chi connectivity index (χ1n) is 3.63. The maximum atomic E-state index is 11.2. The zero-order valence-electron chi connectivity index (χ0n) is 6.59. The molecule has 1 fully saturated rings. The largest absolute Gasteiger partial charge is 0.279 e. The van der Waals surface area contributed by atoms with Crippen LogP contribution in [0.1, 0.15) is 19.8 Å². The quantitative estimate of drug-likeness (QED) is 0.481. The zero-order chi connectivity index (χ0) is 8.43. The molecule has 0 aromatic rings. The minimum absolute atomic E-state index is 0.184. The van der Waals surface area contributed by atoms with Crippen LogP contribution in [0.3, 0.4) is 0 Å². The van der Waals surface area contributed by atoms with E-state index in [2.05, 4.69) is 6.58 Å². The molecule has 3 heteroatoms. The molecule has 0 spiro atoms. The molecule has 0 radical (unpaired) electrons. The standard InChI is InChI=1S/C8H11NO2/c1-6-4-3-5-9(7(2)10)8(6)11/h1,3-5H2,2H3. The highest BCUT2D eigenvalue weighted by atomic mass is 16.2. The van der Waals surface area contributed by atoms with Crippen LogP contribution in [0.5, 0.6) is 0 Å². The first-order valence-corrected chi connectivity index (χ1v) is 3.63. The predicted octanol–water partition coefficient (Wildman–Crippen LogP) is 0.712. The maximum absolute atomic E-state index is 11.2. The van der Waals surface area contributed by atoms with Crippen molar-refractivity contribution in [1.29, 1.82) is 0 Å². The van der Waals surface area contributed by atoms with E-state index in [0.717, 1.165) is 12.8 Å². The predicted molar refractivity (Wildman–Crippen MR) is 40.8 cm³/mol. The fraction of sp³-hybridized carbons (Fsp3) is 0.500. The third-order valence-corrected chi connectivity index (χ3v) is 1.79. The number of carbonyl (C=O) groups excluding carboxylic acids is 2. The molecule has 1 saturated heterocycles. The number of carbonyl (C=O) groups is 2. The van der Waals surface area contributed by atoms with Crippen LogP contribution in [-0.2, 0) is 9.59 Å². The highest BCUT2D eigenvalue weighted by Crippen LogP contribution is 2.14. The molecule has 0 atom stereocenters. The summed E-state index contributed by atoms with van der Waals surface area (Å²) in [6.07, 6.45) is 1.58. The Bertz CT molecular complexity index is 220. The van der Waals surface area contributed by atoms with Crippen molar-refractivity contribution in [3.63, 3.8) is 0 Å². The van der Waals surface area contributed by atoms with Gasteiger partial charge in [-0.1, -0.05) is 6.58 Å². The minimum atomic E-state index is -0.205. The number of imide groups is 1. The molecule has 1 aliphatic rings. The monoisotopic (exact) mass is 153 g/mol. The molecule has 0 bridgehead atoms. The average molecular weight is 153 g/mol. The Balaban J connectivity index is 2.74. The summed E-state index contributed by atoms with van der Waals surface area (Å²) in [6, 6.07) is 0. The lowest BCUT2D eigenvalue weighted by molar-refractivity contribution is -0.142. The molecule has 11 heavy (non-hydrogen) atoms. The van der Waals surface area contributed by atoms with Gasteiger partial charge in [0.15, 0.2) is 0 Å². The molecule has 1 rings (SSSR count). The normalized spacial score (nSPS) is 18.8. The summed E-state index contributed by atoms with van der Waals surface area (Å²) < 4.78 is 0. The Morgan fingerprint density at radius 3 is 2.73 bits per heavy atom. The molecule has 0 N–H and O–H groups in total. The van der Waals surface area contributed by atoms with Crippen molar-refractivity contribution < 1.29 is 9.59 Å².